The van der Waals surface area contributed by atoms with Gasteiger partial charge < -0.3 is 4.74 Å². The number of halogens is 1. The predicted octanol–water partition coefficient (Wildman–Crippen LogP) is 4.87. The predicted molar refractivity (Wildman–Crippen MR) is 94.8 cm³/mol. The largest absolute Gasteiger partial charge is 0.494 e. The van der Waals surface area contributed by atoms with Gasteiger partial charge in [-0.05, 0) is 42.7 Å². The van der Waals surface area contributed by atoms with Gasteiger partial charge >= 0.3 is 0 Å². The van der Waals surface area contributed by atoms with Crippen LogP contribution in [0.5, 0.6) is 5.75 Å². The second kappa shape index (κ2) is 6.67. The summed E-state index contributed by atoms with van der Waals surface area (Å²) in [6.07, 6.45) is 0.865. The van der Waals surface area contributed by atoms with Gasteiger partial charge in [0.05, 0.1) is 14.7 Å². The minimum absolute atomic E-state index is 0.698. The van der Waals surface area contributed by atoms with Gasteiger partial charge in [0.15, 0.2) is 0 Å². The van der Waals surface area contributed by atoms with Gasteiger partial charge in [-0.25, -0.2) is 0 Å². The fourth-order valence-corrected chi connectivity index (χ4v) is 3.64. The third-order valence-corrected chi connectivity index (χ3v) is 5.95. The van der Waals surface area contributed by atoms with Crippen molar-refractivity contribution in [3.63, 3.8) is 0 Å². The summed E-state index contributed by atoms with van der Waals surface area (Å²) in [5.74, 6) is 0.920. The van der Waals surface area contributed by atoms with Crippen LogP contribution >= 0.6 is 11.6 Å². The Hall–Kier alpha value is -1.25. The molecule has 2 aromatic rings. The molecule has 21 heavy (non-hydrogen) atoms. The molecule has 2 aromatic carbocycles. The maximum atomic E-state index is 6.37. The zero-order valence-corrected chi connectivity index (χ0v) is 15.0. The molecule has 0 aliphatic carbocycles. The maximum absolute atomic E-state index is 6.37. The van der Waals surface area contributed by atoms with Crippen LogP contribution in [0.3, 0.4) is 0 Å². The fourth-order valence-electron chi connectivity index (χ4n) is 2.27. The Bertz CT molecular complexity index is 600. The van der Waals surface area contributed by atoms with E-state index in [0.717, 1.165) is 17.2 Å². The Morgan fingerprint density at radius 2 is 1.67 bits per heavy atom. The smallest absolute Gasteiger partial charge is 0.119 e. The van der Waals surface area contributed by atoms with Gasteiger partial charge in [-0.3, -0.25) is 0 Å². The molecule has 2 rings (SSSR count). The molecule has 1 nitrogen and oxygen atoms in total. The molecule has 0 bridgehead atoms. The lowest BCUT2D eigenvalue weighted by molar-refractivity contribution is 0.340. The molecular weight excluding hydrogens is 296 g/mol. The second-order valence-corrected chi connectivity index (χ2v) is 11.8. The number of benzene rings is 2. The van der Waals surface area contributed by atoms with Gasteiger partial charge in [0, 0.05) is 5.02 Å². The van der Waals surface area contributed by atoms with Crippen molar-refractivity contribution in [2.75, 3.05) is 6.61 Å². The summed E-state index contributed by atoms with van der Waals surface area (Å²) >= 11 is 6.37. The lowest BCUT2D eigenvalue weighted by atomic mass is 10.0. The summed E-state index contributed by atoms with van der Waals surface area (Å²) in [7, 11) is -1.30. The van der Waals surface area contributed by atoms with Crippen LogP contribution in [0, 0.1) is 0 Å². The van der Waals surface area contributed by atoms with Crippen molar-refractivity contribution in [1.82, 2.24) is 0 Å². The minimum atomic E-state index is -1.30. The molecule has 0 saturated heterocycles. The van der Waals surface area contributed by atoms with Crippen molar-refractivity contribution >= 4 is 24.9 Å². The molecule has 0 heterocycles. The van der Waals surface area contributed by atoms with E-state index in [9.17, 15) is 0 Å². The number of rotatable bonds is 5. The molecule has 0 saturated carbocycles. The van der Waals surface area contributed by atoms with Crippen LogP contribution in [0.25, 0.3) is 0 Å². The normalized spacial score (nSPS) is 11.5. The van der Waals surface area contributed by atoms with Crippen LogP contribution in [0.4, 0.5) is 0 Å². The molecule has 0 radical (unpaired) electrons. The van der Waals surface area contributed by atoms with Crippen molar-refractivity contribution in [3.8, 4) is 5.75 Å². The van der Waals surface area contributed by atoms with Gasteiger partial charge in [-0.2, -0.15) is 0 Å². The van der Waals surface area contributed by atoms with Gasteiger partial charge in [-0.1, -0.05) is 60.7 Å². The molecule has 0 fully saturated rings. The van der Waals surface area contributed by atoms with E-state index in [0.29, 0.717) is 6.61 Å². The topological polar surface area (TPSA) is 9.23 Å². The molecule has 0 aliphatic rings. The summed E-state index contributed by atoms with van der Waals surface area (Å²) in [6, 6.07) is 14.8. The van der Waals surface area contributed by atoms with E-state index in [-0.39, 0.29) is 0 Å². The third-order valence-electron chi connectivity index (χ3n) is 3.54. The van der Waals surface area contributed by atoms with Crippen LogP contribution in [0.15, 0.2) is 42.5 Å². The Balaban J connectivity index is 2.22. The first-order chi connectivity index (χ1) is 9.90. The van der Waals surface area contributed by atoms with Gasteiger partial charge in [-0.15, -0.1) is 0 Å². The van der Waals surface area contributed by atoms with Gasteiger partial charge in [0.25, 0.3) is 0 Å². The first kappa shape index (κ1) is 16.1. The summed E-state index contributed by atoms with van der Waals surface area (Å²) in [6.45, 7) is 9.77. The highest BCUT2D eigenvalue weighted by Crippen LogP contribution is 2.21. The Morgan fingerprint density at radius 1 is 1.00 bits per heavy atom. The lowest BCUT2D eigenvalue weighted by Gasteiger charge is -2.18. The Morgan fingerprint density at radius 3 is 2.24 bits per heavy atom. The molecule has 0 N–H and O–H groups in total. The van der Waals surface area contributed by atoms with E-state index in [1.165, 1.54) is 16.3 Å². The molecule has 0 unspecified atom stereocenters. The average molecular weight is 319 g/mol. The molecule has 0 atom stereocenters. The summed E-state index contributed by atoms with van der Waals surface area (Å²) in [5, 5.41) is 2.30. The molecule has 3 heteroatoms. The van der Waals surface area contributed by atoms with E-state index in [1.807, 2.05) is 25.1 Å². The SMILES string of the molecule is CCOc1ccc(Cc2cc([Si](C)(C)C)ccc2Cl)cc1. The van der Waals surface area contributed by atoms with Crippen molar-refractivity contribution < 1.29 is 4.74 Å². The standard InChI is InChI=1S/C18H23ClOSi/c1-5-20-16-8-6-14(7-9-16)12-15-13-17(21(2,3)4)10-11-18(15)19/h6-11,13H,5,12H2,1-4H3. The van der Waals surface area contributed by atoms with E-state index in [4.69, 9.17) is 16.3 Å². The summed E-state index contributed by atoms with van der Waals surface area (Å²) < 4.78 is 5.48. The molecule has 0 amide bonds. The number of hydrogen-bond donors (Lipinski definition) is 0. The van der Waals surface area contributed by atoms with E-state index < -0.39 is 8.07 Å². The first-order valence-corrected chi connectivity index (χ1v) is 11.3. The summed E-state index contributed by atoms with van der Waals surface area (Å²) in [5.41, 5.74) is 2.47. The molecule has 112 valence electrons. The lowest BCUT2D eigenvalue weighted by Crippen LogP contribution is -2.37. The third kappa shape index (κ3) is 4.35. The average Bonchev–Trinajstić information content (AvgIpc) is 2.42. The maximum Gasteiger partial charge on any atom is 0.119 e. The fraction of sp³-hybridized carbons (Fsp3) is 0.333. The van der Waals surface area contributed by atoms with E-state index >= 15 is 0 Å². The quantitative estimate of drug-likeness (QED) is 0.714. The second-order valence-electron chi connectivity index (χ2n) is 6.31. The first-order valence-electron chi connectivity index (χ1n) is 7.41. The van der Waals surface area contributed by atoms with Crippen LogP contribution in [-0.4, -0.2) is 14.7 Å². The van der Waals surface area contributed by atoms with Gasteiger partial charge in [0.1, 0.15) is 5.75 Å². The molecule has 0 aromatic heterocycles. The molecule has 0 aliphatic heterocycles. The minimum Gasteiger partial charge on any atom is -0.494 e. The van der Waals surface area contributed by atoms with Crippen LogP contribution in [0.1, 0.15) is 18.1 Å². The van der Waals surface area contributed by atoms with Crippen molar-refractivity contribution in [3.05, 3.63) is 58.6 Å². The molecule has 0 spiro atoms. The van der Waals surface area contributed by atoms with E-state index in [2.05, 4.69) is 43.9 Å². The van der Waals surface area contributed by atoms with Crippen LogP contribution in [0.2, 0.25) is 24.7 Å². The Labute approximate surface area is 133 Å². The highest BCUT2D eigenvalue weighted by atomic mass is 35.5. The number of hydrogen-bond acceptors (Lipinski definition) is 1. The zero-order chi connectivity index (χ0) is 15.5. The Kier molecular flexibility index (Phi) is 5.12. The van der Waals surface area contributed by atoms with Crippen molar-refractivity contribution in [2.45, 2.75) is 33.0 Å². The highest BCUT2D eigenvalue weighted by Gasteiger charge is 2.17. The monoisotopic (exact) mass is 318 g/mol. The van der Waals surface area contributed by atoms with Crippen LogP contribution in [-0.2, 0) is 6.42 Å². The molecular formula is C18H23ClOSi. The zero-order valence-electron chi connectivity index (χ0n) is 13.2. The summed E-state index contributed by atoms with van der Waals surface area (Å²) in [4.78, 5) is 0. The van der Waals surface area contributed by atoms with E-state index in [1.54, 1.807) is 0 Å². The van der Waals surface area contributed by atoms with Crippen molar-refractivity contribution in [2.24, 2.45) is 0 Å². The van der Waals surface area contributed by atoms with Gasteiger partial charge in [0.2, 0.25) is 0 Å². The number of ether oxygens (including phenoxy) is 1. The highest BCUT2D eigenvalue weighted by molar-refractivity contribution is 6.88. The van der Waals surface area contributed by atoms with Crippen LogP contribution < -0.4 is 9.92 Å². The van der Waals surface area contributed by atoms with Crippen molar-refractivity contribution in [1.29, 1.82) is 0 Å².